The molecule has 0 saturated carbocycles. The fourth-order valence-corrected chi connectivity index (χ4v) is 3.44. The van der Waals surface area contributed by atoms with Crippen LogP contribution in [0.4, 0.5) is 0 Å². The van der Waals surface area contributed by atoms with E-state index < -0.39 is 8.32 Å². The fourth-order valence-electron chi connectivity index (χ4n) is 2.02. The van der Waals surface area contributed by atoms with Crippen LogP contribution < -0.4 is 0 Å². The second-order valence-corrected chi connectivity index (χ2v) is 12.8. The summed E-state index contributed by atoms with van der Waals surface area (Å²) in [6.45, 7) is 12.4. The van der Waals surface area contributed by atoms with Crippen molar-refractivity contribution in [3.8, 4) is 0 Å². The second kappa shape index (κ2) is 7.41. The lowest BCUT2D eigenvalue weighted by Gasteiger charge is -2.40. The van der Waals surface area contributed by atoms with Gasteiger partial charge in [0.15, 0.2) is 8.32 Å². The average molecular weight is 404 g/mol. The highest BCUT2D eigenvalue weighted by atomic mass is 127. The van der Waals surface area contributed by atoms with Crippen LogP contribution in [0.2, 0.25) is 18.1 Å². The van der Waals surface area contributed by atoms with Gasteiger partial charge in [0.1, 0.15) is 0 Å². The molecule has 0 saturated heterocycles. The second-order valence-electron chi connectivity index (χ2n) is 7.22. The van der Waals surface area contributed by atoms with Crippen molar-refractivity contribution in [2.45, 2.75) is 58.2 Å². The third-order valence-electron chi connectivity index (χ3n) is 4.55. The number of hydrogen-bond acceptors (Lipinski definition) is 1. The van der Waals surface area contributed by atoms with E-state index in [1.807, 2.05) is 0 Å². The van der Waals surface area contributed by atoms with Gasteiger partial charge >= 0.3 is 0 Å². The van der Waals surface area contributed by atoms with Crippen LogP contribution in [0.25, 0.3) is 0 Å². The zero-order chi connectivity index (χ0) is 15.3. The summed E-state index contributed by atoms with van der Waals surface area (Å²) >= 11 is 2.29. The molecule has 0 unspecified atom stereocenters. The first-order chi connectivity index (χ1) is 9.22. The number of hydrogen-bond donors (Lipinski definition) is 0. The maximum absolute atomic E-state index is 6.48. The van der Waals surface area contributed by atoms with E-state index in [4.69, 9.17) is 4.43 Å². The Bertz CT molecular complexity index is 376. The topological polar surface area (TPSA) is 9.23 Å². The minimum Gasteiger partial charge on any atom is -0.416 e. The Morgan fingerprint density at radius 1 is 1.25 bits per heavy atom. The van der Waals surface area contributed by atoms with Crippen molar-refractivity contribution in [1.82, 2.24) is 0 Å². The molecule has 1 aliphatic carbocycles. The van der Waals surface area contributed by atoms with Crippen molar-refractivity contribution in [2.75, 3.05) is 6.61 Å². The summed E-state index contributed by atoms with van der Waals surface area (Å²) in [6, 6.07) is 0. The summed E-state index contributed by atoms with van der Waals surface area (Å²) in [5.41, 5.74) is 0.101. The molecular weight excluding hydrogens is 375 g/mol. The first-order valence-electron chi connectivity index (χ1n) is 7.47. The predicted molar refractivity (Wildman–Crippen MR) is 101 cm³/mol. The first kappa shape index (κ1) is 18.2. The molecule has 114 valence electrons. The van der Waals surface area contributed by atoms with Crippen LogP contribution in [0.5, 0.6) is 0 Å². The van der Waals surface area contributed by atoms with Gasteiger partial charge in [-0.1, -0.05) is 73.7 Å². The number of rotatable bonds is 6. The molecule has 0 aliphatic heterocycles. The van der Waals surface area contributed by atoms with E-state index in [0.717, 1.165) is 25.9 Å². The van der Waals surface area contributed by atoms with Gasteiger partial charge in [-0.2, -0.15) is 0 Å². The Morgan fingerprint density at radius 2 is 1.85 bits per heavy atom. The molecule has 0 heterocycles. The summed E-state index contributed by atoms with van der Waals surface area (Å²) in [7, 11) is -1.67. The van der Waals surface area contributed by atoms with Crippen LogP contribution in [-0.2, 0) is 4.43 Å². The maximum atomic E-state index is 6.48. The van der Waals surface area contributed by atoms with E-state index in [2.05, 4.69) is 90.9 Å². The first-order valence-corrected chi connectivity index (χ1v) is 11.6. The van der Waals surface area contributed by atoms with E-state index >= 15 is 0 Å². The van der Waals surface area contributed by atoms with Crippen molar-refractivity contribution in [1.29, 1.82) is 0 Å². The predicted octanol–water partition coefficient (Wildman–Crippen LogP) is 6.24. The van der Waals surface area contributed by atoms with Gasteiger partial charge in [-0.05, 0) is 41.5 Å². The minimum absolute atomic E-state index is 0.101. The van der Waals surface area contributed by atoms with E-state index in [0.29, 0.717) is 0 Å². The summed E-state index contributed by atoms with van der Waals surface area (Å²) < 4.78 is 8.59. The molecule has 0 aromatic carbocycles. The SMILES string of the molecule is CC(C)(C)[Si](C)(C)OCC1(CC/C=C\I)C=CCC=C1. The summed E-state index contributed by atoms with van der Waals surface area (Å²) in [4.78, 5) is 0. The van der Waals surface area contributed by atoms with Crippen LogP contribution in [0.15, 0.2) is 34.5 Å². The molecule has 0 atom stereocenters. The lowest BCUT2D eigenvalue weighted by Crippen LogP contribution is -2.43. The molecule has 0 spiro atoms. The Kier molecular flexibility index (Phi) is 6.73. The highest BCUT2D eigenvalue weighted by Crippen LogP contribution is 2.39. The smallest absolute Gasteiger partial charge is 0.192 e. The van der Waals surface area contributed by atoms with E-state index in [-0.39, 0.29) is 10.5 Å². The third-order valence-corrected chi connectivity index (χ3v) is 9.53. The van der Waals surface area contributed by atoms with Crippen LogP contribution in [-0.4, -0.2) is 14.9 Å². The molecular formula is C17H29IOSi. The summed E-state index contributed by atoms with van der Waals surface area (Å²) in [5.74, 6) is 0. The average Bonchev–Trinajstić information content (AvgIpc) is 2.37. The lowest BCUT2D eigenvalue weighted by atomic mass is 9.81. The molecule has 1 nitrogen and oxygen atoms in total. The Morgan fingerprint density at radius 3 is 2.35 bits per heavy atom. The fraction of sp³-hybridized carbons (Fsp3) is 0.647. The highest BCUT2D eigenvalue weighted by molar-refractivity contribution is 14.1. The Labute approximate surface area is 139 Å². The molecule has 0 radical (unpaired) electrons. The zero-order valence-electron chi connectivity index (χ0n) is 13.6. The maximum Gasteiger partial charge on any atom is 0.192 e. The molecule has 1 rings (SSSR count). The van der Waals surface area contributed by atoms with Crippen molar-refractivity contribution in [2.24, 2.45) is 5.41 Å². The Hall–Kier alpha value is 0.127. The molecule has 1 aliphatic rings. The van der Waals surface area contributed by atoms with Crippen molar-refractivity contribution >= 4 is 30.9 Å². The molecule has 3 heteroatoms. The molecule has 0 fully saturated rings. The van der Waals surface area contributed by atoms with E-state index in [1.165, 1.54) is 0 Å². The summed E-state index contributed by atoms with van der Waals surface area (Å²) in [5, 5.41) is 0.276. The summed E-state index contributed by atoms with van der Waals surface area (Å²) in [6.07, 6.45) is 14.8. The monoisotopic (exact) mass is 404 g/mol. The zero-order valence-corrected chi connectivity index (χ0v) is 16.7. The minimum atomic E-state index is -1.67. The van der Waals surface area contributed by atoms with E-state index in [9.17, 15) is 0 Å². The molecule has 0 aromatic heterocycles. The number of halogens is 1. The van der Waals surface area contributed by atoms with Gasteiger partial charge in [-0.15, -0.1) is 0 Å². The van der Waals surface area contributed by atoms with Gasteiger partial charge in [-0.3, -0.25) is 0 Å². The van der Waals surface area contributed by atoms with E-state index in [1.54, 1.807) is 0 Å². The van der Waals surface area contributed by atoms with Gasteiger partial charge in [0, 0.05) is 12.0 Å². The van der Waals surface area contributed by atoms with Gasteiger partial charge in [-0.25, -0.2) is 0 Å². The Balaban J connectivity index is 2.74. The quantitative estimate of drug-likeness (QED) is 0.289. The van der Waals surface area contributed by atoms with Crippen molar-refractivity contribution in [3.63, 3.8) is 0 Å². The van der Waals surface area contributed by atoms with Crippen LogP contribution in [0.3, 0.4) is 0 Å². The van der Waals surface area contributed by atoms with Gasteiger partial charge < -0.3 is 4.43 Å². The molecule has 20 heavy (non-hydrogen) atoms. The van der Waals surface area contributed by atoms with Gasteiger partial charge in [0.05, 0.1) is 0 Å². The van der Waals surface area contributed by atoms with Crippen molar-refractivity contribution < 1.29 is 4.43 Å². The van der Waals surface area contributed by atoms with Crippen molar-refractivity contribution in [3.05, 3.63) is 34.5 Å². The van der Waals surface area contributed by atoms with Crippen LogP contribution >= 0.6 is 22.6 Å². The molecule has 0 bridgehead atoms. The van der Waals surface area contributed by atoms with Crippen LogP contribution in [0, 0.1) is 5.41 Å². The largest absolute Gasteiger partial charge is 0.416 e. The third kappa shape index (κ3) is 5.15. The lowest BCUT2D eigenvalue weighted by molar-refractivity contribution is 0.200. The standard InChI is InChI=1S/C17H29IOSi/c1-16(2,3)20(4,5)19-15-17(13-9-10-14-18)11-7-6-8-12-17/h7-8,10-12,14H,6,9,13,15H2,1-5H3/b14-10-. The highest BCUT2D eigenvalue weighted by Gasteiger charge is 2.39. The normalized spacial score (nSPS) is 18.9. The molecule has 0 N–H and O–H groups in total. The van der Waals surface area contributed by atoms with Crippen LogP contribution in [0.1, 0.15) is 40.0 Å². The number of allylic oxidation sites excluding steroid dienone is 3. The van der Waals surface area contributed by atoms with Gasteiger partial charge in [0.2, 0.25) is 0 Å². The molecule has 0 aromatic rings. The van der Waals surface area contributed by atoms with Gasteiger partial charge in [0.25, 0.3) is 0 Å². The molecule has 0 amide bonds.